The van der Waals surface area contributed by atoms with Crippen LogP contribution in [0.3, 0.4) is 0 Å². The van der Waals surface area contributed by atoms with Crippen LogP contribution in [0.2, 0.25) is 0 Å². The van der Waals surface area contributed by atoms with Gasteiger partial charge in [-0.25, -0.2) is 0 Å². The third-order valence-electron chi connectivity index (χ3n) is 6.86. The van der Waals surface area contributed by atoms with Crippen LogP contribution in [0.5, 0.6) is 5.75 Å². The number of aliphatic hydroxyl groups excluding tert-OH is 1. The fraction of sp³-hybridized carbons (Fsp3) is 0.609. The molecule has 2 heterocycles. The Labute approximate surface area is 177 Å². The third-order valence-corrected chi connectivity index (χ3v) is 6.86. The van der Waals surface area contributed by atoms with Gasteiger partial charge in [0, 0.05) is 37.5 Å². The first-order valence-corrected chi connectivity index (χ1v) is 10.9. The van der Waals surface area contributed by atoms with E-state index in [0.29, 0.717) is 24.3 Å². The first kappa shape index (κ1) is 20.8. The topological polar surface area (TPSA) is 87.2 Å². The molecule has 162 valence electrons. The van der Waals surface area contributed by atoms with E-state index in [4.69, 9.17) is 4.74 Å². The summed E-state index contributed by atoms with van der Waals surface area (Å²) in [6, 6.07) is 7.11. The van der Waals surface area contributed by atoms with Gasteiger partial charge >= 0.3 is 0 Å². The maximum atomic E-state index is 13.8. The molecule has 0 aromatic heterocycles. The highest BCUT2D eigenvalue weighted by Crippen LogP contribution is 2.46. The van der Waals surface area contributed by atoms with Crippen LogP contribution in [0.4, 0.5) is 0 Å². The molecule has 1 aromatic carbocycles. The Kier molecular flexibility index (Phi) is 5.82. The molecule has 2 unspecified atom stereocenters. The first-order chi connectivity index (χ1) is 14.5. The van der Waals surface area contributed by atoms with Gasteiger partial charge < -0.3 is 14.7 Å². The van der Waals surface area contributed by atoms with Crippen LogP contribution in [0.25, 0.3) is 0 Å². The number of carbonyl (C=O) groups is 3. The number of β-amino-alcohol motifs (C(OH)–C–C–N with tert-alkyl or cyclic N) is 1. The van der Waals surface area contributed by atoms with Crippen molar-refractivity contribution in [1.29, 1.82) is 0 Å². The molecule has 1 N–H and O–H groups in total. The number of amides is 3. The van der Waals surface area contributed by atoms with E-state index >= 15 is 0 Å². The van der Waals surface area contributed by atoms with E-state index in [9.17, 15) is 19.5 Å². The summed E-state index contributed by atoms with van der Waals surface area (Å²) in [5, 5.41) is 9.99. The van der Waals surface area contributed by atoms with Gasteiger partial charge in [-0.3, -0.25) is 19.3 Å². The number of nitrogens with zero attached hydrogens (tertiary/aromatic N) is 2. The number of carbonyl (C=O) groups excluding carboxylic acids is 3. The number of aliphatic hydroxyl groups is 1. The number of imide groups is 1. The second kappa shape index (κ2) is 8.38. The molecule has 0 bridgehead atoms. The molecule has 1 aromatic rings. The summed E-state index contributed by atoms with van der Waals surface area (Å²) in [6.07, 6.45) is 4.42. The van der Waals surface area contributed by atoms with Crippen molar-refractivity contribution in [2.45, 2.75) is 68.9 Å². The number of rotatable bonds is 5. The van der Waals surface area contributed by atoms with Crippen molar-refractivity contribution in [1.82, 2.24) is 9.80 Å². The molecule has 1 aliphatic carbocycles. The molecule has 2 saturated heterocycles. The lowest BCUT2D eigenvalue weighted by molar-refractivity contribution is -0.145. The molecule has 0 radical (unpaired) electrons. The number of hydrogen-bond acceptors (Lipinski definition) is 5. The average Bonchev–Trinajstić information content (AvgIpc) is 3.35. The largest absolute Gasteiger partial charge is 0.496 e. The highest BCUT2D eigenvalue weighted by Gasteiger charge is 2.57. The number of methoxy groups -OCH3 is 1. The second-order valence-electron chi connectivity index (χ2n) is 8.78. The molecule has 2 aliphatic heterocycles. The van der Waals surface area contributed by atoms with Gasteiger partial charge in [0.25, 0.3) is 0 Å². The van der Waals surface area contributed by atoms with Crippen molar-refractivity contribution >= 4 is 17.7 Å². The molecule has 3 aliphatic rings. The van der Waals surface area contributed by atoms with E-state index in [2.05, 4.69) is 0 Å². The number of piperidine rings is 1. The smallest absolute Gasteiger partial charge is 0.241 e. The minimum absolute atomic E-state index is 0.0230. The lowest BCUT2D eigenvalue weighted by atomic mass is 9.75. The van der Waals surface area contributed by atoms with Gasteiger partial charge in [-0.2, -0.15) is 0 Å². The summed E-state index contributed by atoms with van der Waals surface area (Å²) < 4.78 is 5.52. The quantitative estimate of drug-likeness (QED) is 0.745. The maximum Gasteiger partial charge on any atom is 0.241 e. The summed E-state index contributed by atoms with van der Waals surface area (Å²) in [5.41, 5.74) is -0.663. The van der Waals surface area contributed by atoms with E-state index in [0.717, 1.165) is 32.1 Å². The molecule has 3 amide bonds. The van der Waals surface area contributed by atoms with Gasteiger partial charge in [0.1, 0.15) is 5.75 Å². The van der Waals surface area contributed by atoms with Gasteiger partial charge in [-0.15, -0.1) is 0 Å². The number of benzene rings is 1. The van der Waals surface area contributed by atoms with Crippen molar-refractivity contribution in [2.24, 2.45) is 0 Å². The minimum atomic E-state index is -1.26. The highest BCUT2D eigenvalue weighted by atomic mass is 16.5. The van der Waals surface area contributed by atoms with Crippen molar-refractivity contribution in [2.75, 3.05) is 20.2 Å². The van der Waals surface area contributed by atoms with Crippen LogP contribution < -0.4 is 4.74 Å². The van der Waals surface area contributed by atoms with Crippen molar-refractivity contribution in [3.05, 3.63) is 29.8 Å². The summed E-state index contributed by atoms with van der Waals surface area (Å²) in [4.78, 5) is 43.2. The number of para-hydroxylation sites is 1. The Morgan fingerprint density at radius 1 is 1.17 bits per heavy atom. The Hall–Kier alpha value is -2.41. The predicted molar refractivity (Wildman–Crippen MR) is 110 cm³/mol. The average molecular weight is 415 g/mol. The molecule has 3 fully saturated rings. The van der Waals surface area contributed by atoms with Crippen LogP contribution in [-0.2, 0) is 19.8 Å². The minimum Gasteiger partial charge on any atom is -0.496 e. The van der Waals surface area contributed by atoms with Crippen LogP contribution >= 0.6 is 0 Å². The van der Waals surface area contributed by atoms with E-state index in [1.807, 2.05) is 12.1 Å². The molecule has 1 saturated carbocycles. The monoisotopic (exact) mass is 414 g/mol. The van der Waals surface area contributed by atoms with Gasteiger partial charge in [0.2, 0.25) is 17.7 Å². The SMILES string of the molecule is COc1ccccc1C1(CC(=O)N2CCCC(O)C2)CC(=O)N(C2CCCC2)C1=O. The summed E-state index contributed by atoms with van der Waals surface area (Å²) in [7, 11) is 1.53. The fourth-order valence-electron chi connectivity index (χ4n) is 5.33. The lowest BCUT2D eigenvalue weighted by Crippen LogP contribution is -2.48. The third kappa shape index (κ3) is 3.60. The normalized spacial score (nSPS) is 27.7. The van der Waals surface area contributed by atoms with Crippen molar-refractivity contribution in [3.63, 3.8) is 0 Å². The van der Waals surface area contributed by atoms with E-state index in [1.54, 1.807) is 17.0 Å². The van der Waals surface area contributed by atoms with Gasteiger partial charge in [-0.1, -0.05) is 31.0 Å². The Bertz CT molecular complexity index is 835. The summed E-state index contributed by atoms with van der Waals surface area (Å²) >= 11 is 0. The fourth-order valence-corrected chi connectivity index (χ4v) is 5.33. The van der Waals surface area contributed by atoms with E-state index in [1.165, 1.54) is 12.0 Å². The van der Waals surface area contributed by atoms with Crippen LogP contribution in [0.15, 0.2) is 24.3 Å². The summed E-state index contributed by atoms with van der Waals surface area (Å²) in [5.74, 6) is -0.174. The zero-order valence-corrected chi connectivity index (χ0v) is 17.5. The van der Waals surface area contributed by atoms with Gasteiger partial charge in [0.05, 0.1) is 18.6 Å². The Morgan fingerprint density at radius 3 is 2.60 bits per heavy atom. The number of hydrogen-bond donors (Lipinski definition) is 1. The van der Waals surface area contributed by atoms with Crippen LogP contribution in [-0.4, -0.2) is 65.0 Å². The lowest BCUT2D eigenvalue weighted by Gasteiger charge is -2.34. The Balaban J connectivity index is 1.71. The zero-order chi connectivity index (χ0) is 21.3. The van der Waals surface area contributed by atoms with E-state index in [-0.39, 0.29) is 43.1 Å². The molecule has 30 heavy (non-hydrogen) atoms. The van der Waals surface area contributed by atoms with Crippen LogP contribution in [0.1, 0.15) is 56.9 Å². The van der Waals surface area contributed by atoms with Crippen molar-refractivity contribution in [3.8, 4) is 5.75 Å². The van der Waals surface area contributed by atoms with Crippen molar-refractivity contribution < 1.29 is 24.2 Å². The predicted octanol–water partition coefficient (Wildman–Crippen LogP) is 2.01. The standard InChI is InChI=1S/C23H30N2O5/c1-30-19-11-5-4-10-18(19)23(13-20(27)24-12-6-9-17(26)15-24)14-21(28)25(22(23)29)16-7-2-3-8-16/h4-5,10-11,16-17,26H,2-3,6-9,12-15H2,1H3. The second-order valence-corrected chi connectivity index (χ2v) is 8.78. The number of ether oxygens (including phenoxy) is 1. The maximum absolute atomic E-state index is 13.8. The van der Waals surface area contributed by atoms with Gasteiger partial charge in [-0.05, 0) is 31.7 Å². The molecular weight excluding hydrogens is 384 g/mol. The molecule has 7 heteroatoms. The van der Waals surface area contributed by atoms with Gasteiger partial charge in [0.15, 0.2) is 0 Å². The molecular formula is C23H30N2O5. The number of likely N-dealkylation sites (tertiary alicyclic amines) is 2. The molecule has 4 rings (SSSR count). The molecule has 0 spiro atoms. The van der Waals surface area contributed by atoms with Crippen LogP contribution in [0, 0.1) is 0 Å². The first-order valence-electron chi connectivity index (χ1n) is 10.9. The Morgan fingerprint density at radius 2 is 1.90 bits per heavy atom. The van der Waals surface area contributed by atoms with E-state index < -0.39 is 11.5 Å². The molecule has 7 nitrogen and oxygen atoms in total. The molecule has 2 atom stereocenters. The zero-order valence-electron chi connectivity index (χ0n) is 17.5. The highest BCUT2D eigenvalue weighted by molar-refractivity contribution is 6.11. The summed E-state index contributed by atoms with van der Waals surface area (Å²) in [6.45, 7) is 0.835.